The number of aromatic nitrogens is 2. The number of aryl methyl sites for hydroxylation is 1. The number of nitrogens with one attached hydrogen (secondary N) is 1. The van der Waals surface area contributed by atoms with Gasteiger partial charge in [-0.15, -0.1) is 0 Å². The maximum Gasteiger partial charge on any atom is 0.338 e. The number of halogens is 1. The predicted molar refractivity (Wildman–Crippen MR) is 145 cm³/mol. The molecule has 0 aliphatic rings. The zero-order valence-corrected chi connectivity index (χ0v) is 21.6. The highest BCUT2D eigenvalue weighted by Crippen LogP contribution is 2.31. The molecule has 0 saturated carbocycles. The molecule has 0 spiro atoms. The summed E-state index contributed by atoms with van der Waals surface area (Å²) in [5, 5.41) is 0. The number of esters is 2. The SMILES string of the molecule is CCOC(=O)c1ccc(-c2ccc(-c3cc4nc(Oc5ccc(C)c(C(=O)OC)c5)[nH]c4cc3F)cc2)cc1. The number of imidazole rings is 1. The smallest absolute Gasteiger partial charge is 0.338 e. The summed E-state index contributed by atoms with van der Waals surface area (Å²) in [6.07, 6.45) is 0. The van der Waals surface area contributed by atoms with Gasteiger partial charge >= 0.3 is 11.9 Å². The molecule has 1 heterocycles. The molecule has 7 nitrogen and oxygen atoms in total. The number of carbonyl (C=O) groups is 2. The van der Waals surface area contributed by atoms with E-state index < -0.39 is 11.8 Å². The van der Waals surface area contributed by atoms with Crippen molar-refractivity contribution in [2.45, 2.75) is 13.8 Å². The van der Waals surface area contributed by atoms with Crippen LogP contribution in [0.2, 0.25) is 0 Å². The third kappa shape index (κ3) is 5.36. The van der Waals surface area contributed by atoms with Crippen LogP contribution in [0.15, 0.2) is 78.9 Å². The molecule has 0 unspecified atom stereocenters. The molecule has 1 aromatic heterocycles. The molecule has 0 fully saturated rings. The minimum Gasteiger partial charge on any atom is -0.465 e. The molecule has 5 aromatic rings. The van der Waals surface area contributed by atoms with Crippen LogP contribution in [0.1, 0.15) is 33.2 Å². The molecular weight excluding hydrogens is 499 g/mol. The summed E-state index contributed by atoms with van der Waals surface area (Å²) >= 11 is 0. The van der Waals surface area contributed by atoms with Crippen LogP contribution in [-0.4, -0.2) is 35.6 Å². The quantitative estimate of drug-likeness (QED) is 0.228. The molecule has 0 aliphatic heterocycles. The Morgan fingerprint density at radius 3 is 2.21 bits per heavy atom. The van der Waals surface area contributed by atoms with Gasteiger partial charge in [-0.05, 0) is 66.4 Å². The van der Waals surface area contributed by atoms with Crippen LogP contribution in [0.25, 0.3) is 33.3 Å². The highest BCUT2D eigenvalue weighted by molar-refractivity contribution is 5.91. The van der Waals surface area contributed by atoms with Gasteiger partial charge in [0, 0.05) is 11.6 Å². The molecule has 196 valence electrons. The minimum absolute atomic E-state index is 0.169. The average molecular weight is 525 g/mol. The van der Waals surface area contributed by atoms with Crippen molar-refractivity contribution in [2.75, 3.05) is 13.7 Å². The first kappa shape index (κ1) is 25.7. The zero-order chi connectivity index (χ0) is 27.5. The Morgan fingerprint density at radius 1 is 0.872 bits per heavy atom. The fourth-order valence-electron chi connectivity index (χ4n) is 4.24. The lowest BCUT2D eigenvalue weighted by Crippen LogP contribution is -2.04. The Morgan fingerprint density at radius 2 is 1.54 bits per heavy atom. The van der Waals surface area contributed by atoms with Gasteiger partial charge in [-0.3, -0.25) is 0 Å². The van der Waals surface area contributed by atoms with E-state index in [4.69, 9.17) is 14.2 Å². The van der Waals surface area contributed by atoms with Crippen molar-refractivity contribution >= 4 is 23.0 Å². The van der Waals surface area contributed by atoms with Crippen LogP contribution in [0.5, 0.6) is 11.8 Å². The predicted octanol–water partition coefficient (Wildman–Crippen LogP) is 7.10. The van der Waals surface area contributed by atoms with Gasteiger partial charge in [-0.2, -0.15) is 4.98 Å². The number of H-pyrrole nitrogens is 1. The van der Waals surface area contributed by atoms with Gasteiger partial charge in [0.2, 0.25) is 0 Å². The van der Waals surface area contributed by atoms with E-state index in [1.807, 2.05) is 36.4 Å². The number of methoxy groups -OCH3 is 1. The van der Waals surface area contributed by atoms with E-state index >= 15 is 4.39 Å². The van der Waals surface area contributed by atoms with E-state index in [2.05, 4.69) is 9.97 Å². The van der Waals surface area contributed by atoms with Gasteiger partial charge in [-0.1, -0.05) is 42.5 Å². The molecule has 39 heavy (non-hydrogen) atoms. The molecule has 8 heteroatoms. The largest absolute Gasteiger partial charge is 0.465 e. The summed E-state index contributed by atoms with van der Waals surface area (Å²) in [5.41, 5.74) is 5.57. The topological polar surface area (TPSA) is 90.5 Å². The number of benzene rings is 4. The minimum atomic E-state index is -0.464. The average Bonchev–Trinajstić information content (AvgIpc) is 3.34. The van der Waals surface area contributed by atoms with Gasteiger partial charge < -0.3 is 19.2 Å². The van der Waals surface area contributed by atoms with Crippen LogP contribution in [0.4, 0.5) is 4.39 Å². The molecule has 0 bridgehead atoms. The van der Waals surface area contributed by atoms with Crippen LogP contribution in [-0.2, 0) is 9.47 Å². The Kier molecular flexibility index (Phi) is 7.10. The summed E-state index contributed by atoms with van der Waals surface area (Å²) < 4.78 is 30.7. The molecule has 0 atom stereocenters. The number of carbonyl (C=O) groups excluding carboxylic acids is 2. The van der Waals surface area contributed by atoms with Gasteiger partial charge in [0.05, 0.1) is 35.9 Å². The lowest BCUT2D eigenvalue weighted by molar-refractivity contribution is 0.0525. The number of ether oxygens (including phenoxy) is 3. The zero-order valence-electron chi connectivity index (χ0n) is 21.6. The van der Waals surface area contributed by atoms with E-state index in [9.17, 15) is 9.59 Å². The maximum atomic E-state index is 15.1. The monoisotopic (exact) mass is 524 g/mol. The van der Waals surface area contributed by atoms with Crippen molar-refractivity contribution in [3.8, 4) is 34.0 Å². The van der Waals surface area contributed by atoms with E-state index in [0.717, 1.165) is 16.7 Å². The number of hydrogen-bond acceptors (Lipinski definition) is 6. The van der Waals surface area contributed by atoms with E-state index in [-0.39, 0.29) is 12.0 Å². The third-order valence-corrected chi connectivity index (χ3v) is 6.30. The lowest BCUT2D eigenvalue weighted by Gasteiger charge is -2.07. The highest BCUT2D eigenvalue weighted by Gasteiger charge is 2.15. The molecule has 0 saturated heterocycles. The second-order valence-electron chi connectivity index (χ2n) is 8.84. The summed E-state index contributed by atoms with van der Waals surface area (Å²) in [5.74, 6) is -0.838. The van der Waals surface area contributed by atoms with Crippen LogP contribution < -0.4 is 4.74 Å². The maximum absolute atomic E-state index is 15.1. The van der Waals surface area contributed by atoms with Crippen LogP contribution in [0, 0.1) is 12.7 Å². The number of nitrogens with zero attached hydrogens (tertiary/aromatic N) is 1. The van der Waals surface area contributed by atoms with E-state index in [0.29, 0.717) is 45.6 Å². The summed E-state index contributed by atoms with van der Waals surface area (Å²) in [4.78, 5) is 31.3. The molecule has 5 rings (SSSR count). The van der Waals surface area contributed by atoms with Crippen molar-refractivity contribution in [3.63, 3.8) is 0 Å². The Bertz CT molecular complexity index is 1670. The number of rotatable bonds is 7. The van der Waals surface area contributed by atoms with Crippen molar-refractivity contribution in [1.29, 1.82) is 0 Å². The number of hydrogen-bond donors (Lipinski definition) is 1. The second-order valence-corrected chi connectivity index (χ2v) is 8.84. The Hall–Kier alpha value is -4.98. The van der Waals surface area contributed by atoms with Gasteiger partial charge in [0.15, 0.2) is 0 Å². The van der Waals surface area contributed by atoms with Crippen LogP contribution in [0.3, 0.4) is 0 Å². The first-order valence-corrected chi connectivity index (χ1v) is 12.3. The van der Waals surface area contributed by atoms with E-state index in [1.165, 1.54) is 13.2 Å². The van der Waals surface area contributed by atoms with Gasteiger partial charge in [0.25, 0.3) is 6.01 Å². The van der Waals surface area contributed by atoms with Gasteiger partial charge in [-0.25, -0.2) is 14.0 Å². The van der Waals surface area contributed by atoms with Crippen molar-refractivity contribution in [1.82, 2.24) is 9.97 Å². The first-order chi connectivity index (χ1) is 18.9. The van der Waals surface area contributed by atoms with E-state index in [1.54, 1.807) is 50.2 Å². The Labute approximate surface area is 224 Å². The molecule has 1 N–H and O–H groups in total. The molecular formula is C31H25FN2O5. The van der Waals surface area contributed by atoms with Crippen molar-refractivity contribution in [2.24, 2.45) is 0 Å². The van der Waals surface area contributed by atoms with Crippen molar-refractivity contribution in [3.05, 3.63) is 101 Å². The summed E-state index contributed by atoms with van der Waals surface area (Å²) in [6, 6.07) is 22.9. The third-order valence-electron chi connectivity index (χ3n) is 6.30. The normalized spacial score (nSPS) is 10.9. The molecule has 0 amide bonds. The molecule has 0 aliphatic carbocycles. The first-order valence-electron chi connectivity index (χ1n) is 12.3. The van der Waals surface area contributed by atoms with Crippen LogP contribution >= 0.6 is 0 Å². The lowest BCUT2D eigenvalue weighted by atomic mass is 9.99. The fourth-order valence-corrected chi connectivity index (χ4v) is 4.24. The number of fused-ring (bicyclic) bond motifs is 1. The highest BCUT2D eigenvalue weighted by atomic mass is 19.1. The second kappa shape index (κ2) is 10.8. The fraction of sp³-hybridized carbons (Fsp3) is 0.129. The summed E-state index contributed by atoms with van der Waals surface area (Å²) in [7, 11) is 1.32. The molecule has 0 radical (unpaired) electrons. The summed E-state index contributed by atoms with van der Waals surface area (Å²) in [6.45, 7) is 3.89. The Balaban J connectivity index is 1.38. The standard InChI is InChI=1S/C31H25FN2O5/c1-4-38-29(35)22-12-8-20(9-13-22)19-6-10-21(11-7-19)25-16-27-28(17-26(25)32)34-31(33-27)39-23-14-5-18(2)24(15-23)30(36)37-3/h5-17H,4H2,1-3H3,(H,33,34). The number of aromatic amines is 1. The van der Waals surface area contributed by atoms with Crippen molar-refractivity contribution < 1.29 is 28.2 Å². The van der Waals surface area contributed by atoms with Gasteiger partial charge in [0.1, 0.15) is 11.6 Å². The molecule has 4 aromatic carbocycles.